The van der Waals surface area contributed by atoms with Crippen molar-refractivity contribution in [2.24, 2.45) is 0 Å². The van der Waals surface area contributed by atoms with Gasteiger partial charge in [0.1, 0.15) is 10.5 Å². The number of aromatic carboxylic acids is 1. The van der Waals surface area contributed by atoms with Crippen LogP contribution in [0, 0.1) is 6.92 Å². The number of nitrogens with zero attached hydrogens (tertiary/aromatic N) is 3. The molecule has 0 atom stereocenters. The highest BCUT2D eigenvalue weighted by molar-refractivity contribution is 7.14. The first-order valence-corrected chi connectivity index (χ1v) is 9.76. The zero-order valence-corrected chi connectivity index (χ0v) is 15.8. The van der Waals surface area contributed by atoms with Crippen molar-refractivity contribution in [3.05, 3.63) is 33.1 Å². The smallest absolute Gasteiger partial charge is 0.345 e. The second-order valence-electron chi connectivity index (χ2n) is 7.20. The first-order chi connectivity index (χ1) is 12.5. The molecule has 1 saturated carbocycles. The van der Waals surface area contributed by atoms with Gasteiger partial charge in [-0.05, 0) is 44.2 Å². The Morgan fingerprint density at radius 1 is 1.46 bits per heavy atom. The Bertz CT molecular complexity index is 803. The molecular weight excluding hydrogens is 354 g/mol. The molecule has 1 N–H and O–H groups in total. The Hall–Kier alpha value is -1.77. The number of thiophene rings is 1. The van der Waals surface area contributed by atoms with Gasteiger partial charge < -0.3 is 14.4 Å². The highest BCUT2D eigenvalue weighted by atomic mass is 32.1. The topological polar surface area (TPSA) is 88.7 Å². The van der Waals surface area contributed by atoms with Crippen molar-refractivity contribution >= 4 is 17.3 Å². The lowest BCUT2D eigenvalue weighted by atomic mass is 9.90. The monoisotopic (exact) mass is 377 g/mol. The summed E-state index contributed by atoms with van der Waals surface area (Å²) in [6, 6.07) is 1.79. The average Bonchev–Trinajstić information content (AvgIpc) is 3.25. The Balaban J connectivity index is 1.42. The van der Waals surface area contributed by atoms with Gasteiger partial charge in [-0.1, -0.05) is 5.16 Å². The van der Waals surface area contributed by atoms with E-state index in [1.165, 1.54) is 11.3 Å². The summed E-state index contributed by atoms with van der Waals surface area (Å²) in [5.41, 5.74) is 0.582. The van der Waals surface area contributed by atoms with Crippen molar-refractivity contribution in [1.82, 2.24) is 15.0 Å². The number of carboxylic acid groups (broad SMARTS) is 1. The van der Waals surface area contributed by atoms with Crippen LogP contribution in [-0.2, 0) is 16.9 Å². The number of hydrogen-bond donors (Lipinski definition) is 1. The number of hydrogen-bond acceptors (Lipinski definition) is 7. The van der Waals surface area contributed by atoms with Gasteiger partial charge in [0.25, 0.3) is 5.89 Å². The summed E-state index contributed by atoms with van der Waals surface area (Å²) in [5.74, 6) is 1.02. The van der Waals surface area contributed by atoms with Crippen LogP contribution in [0.3, 0.4) is 0 Å². The minimum Gasteiger partial charge on any atom is -0.477 e. The third-order valence-electron chi connectivity index (χ3n) is 5.45. The molecular formula is C18H23N3O4S. The summed E-state index contributed by atoms with van der Waals surface area (Å²) >= 11 is 1.34. The van der Waals surface area contributed by atoms with Gasteiger partial charge in [0, 0.05) is 37.5 Å². The lowest BCUT2D eigenvalue weighted by molar-refractivity contribution is -0.0838. The zero-order valence-electron chi connectivity index (χ0n) is 15.0. The number of aromatic nitrogens is 2. The van der Waals surface area contributed by atoms with E-state index in [-0.39, 0.29) is 0 Å². The van der Waals surface area contributed by atoms with Crippen LogP contribution in [0.1, 0.15) is 63.4 Å². The first-order valence-electron chi connectivity index (χ1n) is 8.95. The van der Waals surface area contributed by atoms with Gasteiger partial charge in [-0.25, -0.2) is 4.79 Å². The van der Waals surface area contributed by atoms with E-state index in [9.17, 15) is 4.79 Å². The van der Waals surface area contributed by atoms with Crippen LogP contribution in [0.4, 0.5) is 0 Å². The maximum absolute atomic E-state index is 11.2. The molecule has 2 fully saturated rings. The van der Waals surface area contributed by atoms with Crippen LogP contribution in [-0.4, -0.2) is 46.3 Å². The van der Waals surface area contributed by atoms with Crippen LogP contribution in [0.5, 0.6) is 0 Å². The van der Waals surface area contributed by atoms with Crippen molar-refractivity contribution in [3.8, 4) is 0 Å². The van der Waals surface area contributed by atoms with Gasteiger partial charge in [-0.3, -0.25) is 4.90 Å². The summed E-state index contributed by atoms with van der Waals surface area (Å²) in [5, 5.41) is 13.3. The van der Waals surface area contributed by atoms with E-state index in [4.69, 9.17) is 14.4 Å². The van der Waals surface area contributed by atoms with Gasteiger partial charge >= 0.3 is 5.97 Å². The quantitative estimate of drug-likeness (QED) is 0.827. The standard InChI is InChI=1S/C18H23N3O4S/c1-11-13(9-14(26-11)16(22)23)10-21-7-5-18(24-2,6-8-21)17-19-15(20-25-17)12-3-4-12/h9,12H,3-8,10H2,1-2H3,(H,22,23). The number of piperidine rings is 1. The molecule has 26 heavy (non-hydrogen) atoms. The number of methoxy groups -OCH3 is 1. The lowest BCUT2D eigenvalue weighted by Gasteiger charge is -2.38. The second kappa shape index (κ2) is 6.75. The van der Waals surface area contributed by atoms with Crippen LogP contribution in [0.2, 0.25) is 0 Å². The van der Waals surface area contributed by atoms with E-state index in [2.05, 4.69) is 15.0 Å². The summed E-state index contributed by atoms with van der Waals surface area (Å²) in [7, 11) is 1.71. The fourth-order valence-electron chi connectivity index (χ4n) is 3.53. The Morgan fingerprint density at radius 2 is 2.19 bits per heavy atom. The first kappa shape index (κ1) is 17.6. The van der Waals surface area contributed by atoms with Crippen LogP contribution in [0.15, 0.2) is 10.6 Å². The summed E-state index contributed by atoms with van der Waals surface area (Å²) in [6.07, 6.45) is 3.85. The molecule has 3 heterocycles. The molecule has 7 nitrogen and oxygen atoms in total. The highest BCUT2D eigenvalue weighted by Gasteiger charge is 2.42. The summed E-state index contributed by atoms with van der Waals surface area (Å²) < 4.78 is 11.4. The van der Waals surface area contributed by atoms with Crippen molar-refractivity contribution in [1.29, 1.82) is 0 Å². The molecule has 2 aromatic rings. The molecule has 0 bridgehead atoms. The number of rotatable bonds is 6. The Kier molecular flexibility index (Phi) is 4.58. The van der Waals surface area contributed by atoms with Crippen LogP contribution in [0.25, 0.3) is 0 Å². The van der Waals surface area contributed by atoms with Crippen LogP contribution < -0.4 is 0 Å². The molecule has 2 aromatic heterocycles. The Morgan fingerprint density at radius 3 is 2.77 bits per heavy atom. The third-order valence-corrected chi connectivity index (χ3v) is 6.53. The summed E-state index contributed by atoms with van der Waals surface area (Å²) in [6.45, 7) is 4.42. The van der Waals surface area contributed by atoms with E-state index < -0.39 is 11.6 Å². The van der Waals surface area contributed by atoms with Gasteiger partial charge in [0.15, 0.2) is 5.82 Å². The van der Waals surface area contributed by atoms with Crippen molar-refractivity contribution < 1.29 is 19.2 Å². The molecule has 1 aliphatic carbocycles. The maximum atomic E-state index is 11.2. The number of ether oxygens (including phenoxy) is 1. The number of carbonyl (C=O) groups is 1. The maximum Gasteiger partial charge on any atom is 0.345 e. The zero-order chi connectivity index (χ0) is 18.3. The predicted molar refractivity (Wildman–Crippen MR) is 95.5 cm³/mol. The highest BCUT2D eigenvalue weighted by Crippen LogP contribution is 2.41. The van der Waals surface area contributed by atoms with Crippen LogP contribution >= 0.6 is 11.3 Å². The molecule has 0 spiro atoms. The van der Waals surface area contributed by atoms with E-state index >= 15 is 0 Å². The molecule has 0 aromatic carbocycles. The normalized spacial score (nSPS) is 20.4. The fraction of sp³-hybridized carbons (Fsp3) is 0.611. The average molecular weight is 377 g/mol. The van der Waals surface area contributed by atoms with Gasteiger partial charge in [-0.2, -0.15) is 4.98 Å². The fourth-order valence-corrected chi connectivity index (χ4v) is 4.40. The number of aryl methyl sites for hydroxylation is 1. The largest absolute Gasteiger partial charge is 0.477 e. The molecule has 2 aliphatic rings. The molecule has 0 amide bonds. The summed E-state index contributed by atoms with van der Waals surface area (Å²) in [4.78, 5) is 19.5. The van der Waals surface area contributed by atoms with E-state index in [1.807, 2.05) is 6.92 Å². The van der Waals surface area contributed by atoms with Gasteiger partial charge in [0.05, 0.1) is 0 Å². The molecule has 1 saturated heterocycles. The molecule has 1 aliphatic heterocycles. The lowest BCUT2D eigenvalue weighted by Crippen LogP contribution is -2.43. The van der Waals surface area contributed by atoms with Crippen molar-refractivity contribution in [2.75, 3.05) is 20.2 Å². The third kappa shape index (κ3) is 3.28. The second-order valence-corrected chi connectivity index (χ2v) is 8.46. The van der Waals surface area contributed by atoms with E-state index in [0.717, 1.165) is 61.6 Å². The predicted octanol–water partition coefficient (Wildman–Crippen LogP) is 3.15. The molecule has 140 valence electrons. The minimum atomic E-state index is -0.857. The minimum absolute atomic E-state index is 0.402. The Labute approximate surface area is 156 Å². The molecule has 0 unspecified atom stereocenters. The van der Waals surface area contributed by atoms with E-state index in [1.54, 1.807) is 13.2 Å². The molecule has 4 rings (SSSR count). The number of carboxylic acids is 1. The van der Waals surface area contributed by atoms with Crippen molar-refractivity contribution in [2.45, 2.75) is 50.7 Å². The number of likely N-dealkylation sites (tertiary alicyclic amines) is 1. The molecule has 8 heteroatoms. The van der Waals surface area contributed by atoms with E-state index in [0.29, 0.717) is 16.7 Å². The van der Waals surface area contributed by atoms with Crippen molar-refractivity contribution in [3.63, 3.8) is 0 Å². The molecule has 0 radical (unpaired) electrons. The van der Waals surface area contributed by atoms with Gasteiger partial charge in [-0.15, -0.1) is 11.3 Å². The SMILES string of the molecule is COC1(c2nc(C3CC3)no2)CCN(Cc2cc(C(=O)O)sc2C)CC1. The van der Waals surface area contributed by atoms with Gasteiger partial charge in [0.2, 0.25) is 0 Å².